The van der Waals surface area contributed by atoms with Crippen molar-refractivity contribution in [2.75, 3.05) is 5.73 Å². The summed E-state index contributed by atoms with van der Waals surface area (Å²) in [7, 11) is 0. The smallest absolute Gasteiger partial charge is 0.146 e. The van der Waals surface area contributed by atoms with E-state index in [4.69, 9.17) is 11.6 Å². The maximum atomic E-state index is 10.3. The van der Waals surface area contributed by atoms with E-state index in [1.807, 2.05) is 12.1 Å². The molecule has 0 aliphatic rings. The van der Waals surface area contributed by atoms with Gasteiger partial charge in [0.15, 0.2) is 0 Å². The minimum absolute atomic E-state index is 0.377. The summed E-state index contributed by atoms with van der Waals surface area (Å²) in [6.07, 6.45) is 0. The van der Waals surface area contributed by atoms with Gasteiger partial charge in [-0.05, 0) is 24.6 Å². The van der Waals surface area contributed by atoms with Crippen molar-refractivity contribution in [3.05, 3.63) is 35.5 Å². The van der Waals surface area contributed by atoms with Crippen LogP contribution in [0.4, 0.5) is 5.69 Å². The lowest BCUT2D eigenvalue weighted by atomic mass is 10.2. The van der Waals surface area contributed by atoms with Crippen LogP contribution in [-0.4, -0.2) is 11.0 Å². The molecule has 0 bridgehead atoms. The average molecular weight is 191 g/mol. The highest BCUT2D eigenvalue weighted by Crippen LogP contribution is 2.08. The zero-order chi connectivity index (χ0) is 10.6. The Morgan fingerprint density at radius 3 is 2.50 bits per heavy atom. The second-order valence-corrected chi connectivity index (χ2v) is 3.06. The van der Waals surface area contributed by atoms with Crippen molar-refractivity contribution in [2.45, 2.75) is 13.5 Å². The third-order valence-electron chi connectivity index (χ3n) is 1.91. The molecule has 0 spiro atoms. The highest BCUT2D eigenvalue weighted by atomic mass is 16.1. The monoisotopic (exact) mass is 191 g/mol. The number of hydrogen-bond acceptors (Lipinski definition) is 4. The number of nitrogens with two attached hydrogens (primary N) is 2. The first-order valence-electron chi connectivity index (χ1n) is 4.22. The van der Waals surface area contributed by atoms with Crippen LogP contribution in [0.2, 0.25) is 0 Å². The number of hydrogen-bond donors (Lipinski definition) is 2. The summed E-state index contributed by atoms with van der Waals surface area (Å²) < 4.78 is 0. The summed E-state index contributed by atoms with van der Waals surface area (Å²) in [5, 5.41) is 1.35. The van der Waals surface area contributed by atoms with E-state index in [0.29, 0.717) is 17.9 Å². The van der Waals surface area contributed by atoms with Gasteiger partial charge in [0, 0.05) is 5.69 Å². The molecule has 1 aromatic rings. The highest BCUT2D eigenvalue weighted by Gasteiger charge is 2.01. The number of carbonyl (C=O) groups excluding carboxylic acids is 1. The lowest BCUT2D eigenvalue weighted by Gasteiger charge is -2.16. The van der Waals surface area contributed by atoms with Crippen LogP contribution in [0, 0.1) is 0 Å². The minimum Gasteiger partial charge on any atom is -0.399 e. The van der Waals surface area contributed by atoms with Gasteiger partial charge in [0.05, 0.1) is 6.54 Å². The van der Waals surface area contributed by atoms with Crippen LogP contribution in [0.25, 0.3) is 0 Å². The highest BCUT2D eigenvalue weighted by molar-refractivity contribution is 5.50. The van der Waals surface area contributed by atoms with Crippen molar-refractivity contribution in [1.29, 1.82) is 0 Å². The third-order valence-corrected chi connectivity index (χ3v) is 1.91. The van der Waals surface area contributed by atoms with Gasteiger partial charge in [0.25, 0.3) is 0 Å². The molecule has 74 valence electrons. The molecule has 0 amide bonds. The van der Waals surface area contributed by atoms with Crippen molar-refractivity contribution in [2.24, 2.45) is 5.84 Å². The maximum Gasteiger partial charge on any atom is 0.146 e. The molecule has 0 aromatic heterocycles. The standard InChI is InChI=1S/C10H13N3O/c1-8(7-14)13(12)6-9-2-4-10(11)5-3-9/h2-5H,6,11-12H2,1H3. The fourth-order valence-electron chi connectivity index (χ4n) is 0.997. The van der Waals surface area contributed by atoms with Crippen molar-refractivity contribution in [3.8, 4) is 0 Å². The molecule has 0 saturated carbocycles. The Bertz CT molecular complexity index is 352. The van der Waals surface area contributed by atoms with Gasteiger partial charge in [-0.1, -0.05) is 12.1 Å². The van der Waals surface area contributed by atoms with Gasteiger partial charge in [0.2, 0.25) is 0 Å². The number of anilines is 1. The molecule has 14 heavy (non-hydrogen) atoms. The molecule has 1 rings (SSSR count). The molecule has 0 aliphatic heterocycles. The normalized spacial score (nSPS) is 9.29. The lowest BCUT2D eigenvalue weighted by Crippen LogP contribution is -2.28. The van der Waals surface area contributed by atoms with Gasteiger partial charge >= 0.3 is 0 Å². The Morgan fingerprint density at radius 2 is 2.00 bits per heavy atom. The molecular formula is C10H13N3O. The largest absolute Gasteiger partial charge is 0.399 e. The van der Waals surface area contributed by atoms with Gasteiger partial charge in [-0.25, -0.2) is 10.6 Å². The first-order valence-corrected chi connectivity index (χ1v) is 4.22. The first kappa shape index (κ1) is 10.3. The van der Waals surface area contributed by atoms with Crippen LogP contribution in [0.5, 0.6) is 0 Å². The fourth-order valence-corrected chi connectivity index (χ4v) is 0.997. The van der Waals surface area contributed by atoms with Crippen LogP contribution in [0.15, 0.2) is 30.0 Å². The fraction of sp³-hybridized carbons (Fsp3) is 0.200. The van der Waals surface area contributed by atoms with E-state index in [2.05, 4.69) is 0 Å². The van der Waals surface area contributed by atoms with E-state index in [1.54, 1.807) is 25.0 Å². The second-order valence-electron chi connectivity index (χ2n) is 3.06. The molecule has 0 fully saturated rings. The minimum atomic E-state index is 0.377. The van der Waals surface area contributed by atoms with Gasteiger partial charge in [-0.15, -0.1) is 0 Å². The van der Waals surface area contributed by atoms with Crippen LogP contribution >= 0.6 is 0 Å². The number of hydrazine groups is 1. The SMILES string of the molecule is CC(=C=O)N(N)Cc1ccc(N)cc1. The molecule has 4 nitrogen and oxygen atoms in total. The number of rotatable bonds is 3. The topological polar surface area (TPSA) is 72.3 Å². The summed E-state index contributed by atoms with van der Waals surface area (Å²) in [6, 6.07) is 7.33. The third kappa shape index (κ3) is 2.62. The Morgan fingerprint density at radius 1 is 1.43 bits per heavy atom. The molecule has 0 heterocycles. The molecule has 0 atom stereocenters. The molecule has 4 N–H and O–H groups in total. The molecule has 1 aromatic carbocycles. The van der Waals surface area contributed by atoms with Crippen LogP contribution in [0.3, 0.4) is 0 Å². The van der Waals surface area contributed by atoms with Gasteiger partial charge in [-0.3, -0.25) is 0 Å². The summed E-state index contributed by atoms with van der Waals surface area (Å²) in [5.41, 5.74) is 7.61. The summed E-state index contributed by atoms with van der Waals surface area (Å²) in [4.78, 5) is 10.3. The quantitative estimate of drug-likeness (QED) is 0.319. The Balaban J connectivity index is 2.70. The summed E-state index contributed by atoms with van der Waals surface area (Å²) in [6.45, 7) is 2.09. The van der Waals surface area contributed by atoms with Crippen molar-refractivity contribution < 1.29 is 4.79 Å². The van der Waals surface area contributed by atoms with Crippen LogP contribution in [0.1, 0.15) is 12.5 Å². The van der Waals surface area contributed by atoms with Crippen LogP contribution in [-0.2, 0) is 11.3 Å². The Labute approximate surface area is 82.8 Å². The maximum absolute atomic E-state index is 10.3. The van der Waals surface area contributed by atoms with Gasteiger partial charge in [-0.2, -0.15) is 0 Å². The van der Waals surface area contributed by atoms with E-state index < -0.39 is 0 Å². The number of nitrogen functional groups attached to an aromatic ring is 1. The van der Waals surface area contributed by atoms with Crippen molar-refractivity contribution in [1.82, 2.24) is 5.01 Å². The Kier molecular flexibility index (Phi) is 3.29. The molecule has 4 heteroatoms. The predicted molar refractivity (Wildman–Crippen MR) is 55.5 cm³/mol. The van der Waals surface area contributed by atoms with E-state index in [9.17, 15) is 4.79 Å². The molecule has 0 radical (unpaired) electrons. The number of benzene rings is 1. The van der Waals surface area contributed by atoms with E-state index in [-0.39, 0.29) is 0 Å². The van der Waals surface area contributed by atoms with Crippen molar-refractivity contribution in [3.63, 3.8) is 0 Å². The Hall–Kier alpha value is -1.77. The van der Waals surface area contributed by atoms with Crippen molar-refractivity contribution >= 4 is 11.6 Å². The number of nitrogens with zero attached hydrogens (tertiary/aromatic N) is 1. The molecular weight excluding hydrogens is 178 g/mol. The predicted octanol–water partition coefficient (Wildman–Crippen LogP) is 0.680. The summed E-state index contributed by atoms with van der Waals surface area (Å²) in [5.74, 6) is 7.34. The zero-order valence-electron chi connectivity index (χ0n) is 8.03. The zero-order valence-corrected chi connectivity index (χ0v) is 8.03. The van der Waals surface area contributed by atoms with Crippen LogP contribution < -0.4 is 11.6 Å². The first-order chi connectivity index (χ1) is 6.63. The van der Waals surface area contributed by atoms with Gasteiger partial charge < -0.3 is 10.7 Å². The van der Waals surface area contributed by atoms with Gasteiger partial charge in [0.1, 0.15) is 11.6 Å². The number of allylic oxidation sites excluding steroid dienone is 1. The van der Waals surface area contributed by atoms with E-state index >= 15 is 0 Å². The van der Waals surface area contributed by atoms with E-state index in [0.717, 1.165) is 5.56 Å². The summed E-state index contributed by atoms with van der Waals surface area (Å²) >= 11 is 0. The molecule has 0 aliphatic carbocycles. The lowest BCUT2D eigenvalue weighted by molar-refractivity contribution is 0.354. The average Bonchev–Trinajstić information content (AvgIpc) is 2.20. The molecule has 0 unspecified atom stereocenters. The molecule has 0 saturated heterocycles. The van der Waals surface area contributed by atoms with E-state index in [1.165, 1.54) is 5.01 Å². The second kappa shape index (κ2) is 4.46.